The highest BCUT2D eigenvalue weighted by molar-refractivity contribution is 6.29. The van der Waals surface area contributed by atoms with E-state index >= 15 is 0 Å². The minimum Gasteiger partial charge on any atom is -0.479 e. The molecule has 5 nitrogen and oxygen atoms in total. The molecule has 0 bridgehead atoms. The standard InChI is InChI=1S/C9H9ClN4O/c1-14-5-6(4-11-14)7-3-8(10)12-13-9(7)15-2/h3-5H,1-2H3. The minimum absolute atomic E-state index is 0.328. The number of aromatic nitrogens is 4. The molecule has 0 radical (unpaired) electrons. The van der Waals surface area contributed by atoms with Crippen LogP contribution >= 0.6 is 11.6 Å². The SMILES string of the molecule is COc1nnc(Cl)cc1-c1cnn(C)c1. The van der Waals surface area contributed by atoms with Gasteiger partial charge in [0, 0.05) is 18.8 Å². The van der Waals surface area contributed by atoms with Gasteiger partial charge in [-0.15, -0.1) is 10.2 Å². The van der Waals surface area contributed by atoms with Crippen LogP contribution in [-0.2, 0) is 7.05 Å². The van der Waals surface area contributed by atoms with Gasteiger partial charge in [0.05, 0.1) is 18.9 Å². The third kappa shape index (κ3) is 1.92. The van der Waals surface area contributed by atoms with Crippen LogP contribution < -0.4 is 4.74 Å². The maximum Gasteiger partial charge on any atom is 0.241 e. The van der Waals surface area contributed by atoms with E-state index in [9.17, 15) is 0 Å². The molecule has 2 aromatic rings. The Morgan fingerprint density at radius 1 is 1.40 bits per heavy atom. The minimum atomic E-state index is 0.328. The molecule has 78 valence electrons. The molecule has 0 N–H and O–H groups in total. The first-order valence-corrected chi connectivity index (χ1v) is 4.64. The van der Waals surface area contributed by atoms with Crippen LogP contribution in [0.5, 0.6) is 5.88 Å². The predicted octanol–water partition coefficient (Wildman–Crippen LogP) is 1.54. The summed E-state index contributed by atoms with van der Waals surface area (Å²) < 4.78 is 6.79. The van der Waals surface area contributed by atoms with Crippen molar-refractivity contribution in [3.8, 4) is 17.0 Å². The summed E-state index contributed by atoms with van der Waals surface area (Å²) in [6, 6.07) is 1.70. The highest BCUT2D eigenvalue weighted by Gasteiger charge is 2.10. The summed E-state index contributed by atoms with van der Waals surface area (Å²) in [7, 11) is 3.38. The topological polar surface area (TPSA) is 52.8 Å². The van der Waals surface area contributed by atoms with Crippen molar-refractivity contribution in [3.05, 3.63) is 23.6 Å². The predicted molar refractivity (Wildman–Crippen MR) is 55.8 cm³/mol. The Labute approximate surface area is 91.7 Å². The first kappa shape index (κ1) is 9.92. The fourth-order valence-electron chi connectivity index (χ4n) is 1.27. The Morgan fingerprint density at radius 2 is 2.20 bits per heavy atom. The van der Waals surface area contributed by atoms with Crippen LogP contribution in [0, 0.1) is 0 Å². The summed E-state index contributed by atoms with van der Waals surface area (Å²) in [4.78, 5) is 0. The highest BCUT2D eigenvalue weighted by atomic mass is 35.5. The van der Waals surface area contributed by atoms with Crippen molar-refractivity contribution in [1.82, 2.24) is 20.0 Å². The quantitative estimate of drug-likeness (QED) is 0.777. The van der Waals surface area contributed by atoms with Crippen molar-refractivity contribution in [1.29, 1.82) is 0 Å². The lowest BCUT2D eigenvalue weighted by Gasteiger charge is -2.03. The number of aryl methyl sites for hydroxylation is 1. The molecule has 0 amide bonds. The summed E-state index contributed by atoms with van der Waals surface area (Å²) in [5.74, 6) is 0.437. The molecular formula is C9H9ClN4O. The Balaban J connectivity index is 2.55. The molecule has 0 unspecified atom stereocenters. The van der Waals surface area contributed by atoms with Gasteiger partial charge in [0.2, 0.25) is 5.88 Å². The zero-order valence-corrected chi connectivity index (χ0v) is 9.06. The van der Waals surface area contributed by atoms with E-state index in [1.807, 2.05) is 13.2 Å². The van der Waals surface area contributed by atoms with Gasteiger partial charge >= 0.3 is 0 Å². The van der Waals surface area contributed by atoms with Gasteiger partial charge in [-0.3, -0.25) is 4.68 Å². The molecule has 2 aromatic heterocycles. The van der Waals surface area contributed by atoms with Gasteiger partial charge < -0.3 is 4.74 Å². The number of halogens is 1. The Hall–Kier alpha value is -1.62. The smallest absolute Gasteiger partial charge is 0.241 e. The normalized spacial score (nSPS) is 10.3. The van der Waals surface area contributed by atoms with E-state index in [4.69, 9.17) is 16.3 Å². The summed E-state index contributed by atoms with van der Waals surface area (Å²) in [6.07, 6.45) is 3.58. The molecule has 2 heterocycles. The molecule has 2 rings (SSSR count). The molecule has 0 aliphatic heterocycles. The Kier molecular flexibility index (Phi) is 2.55. The molecule has 0 saturated carbocycles. The average Bonchev–Trinajstić information content (AvgIpc) is 2.65. The number of rotatable bonds is 2. The van der Waals surface area contributed by atoms with Crippen molar-refractivity contribution in [3.63, 3.8) is 0 Å². The van der Waals surface area contributed by atoms with E-state index in [1.54, 1.807) is 16.9 Å². The lowest BCUT2D eigenvalue weighted by molar-refractivity contribution is 0.394. The molecule has 0 atom stereocenters. The maximum absolute atomic E-state index is 5.77. The average molecular weight is 225 g/mol. The van der Waals surface area contributed by atoms with Gasteiger partial charge in [0.25, 0.3) is 0 Å². The second-order valence-electron chi connectivity index (χ2n) is 2.99. The van der Waals surface area contributed by atoms with Crippen molar-refractivity contribution < 1.29 is 4.74 Å². The highest BCUT2D eigenvalue weighted by Crippen LogP contribution is 2.28. The van der Waals surface area contributed by atoms with E-state index in [0.29, 0.717) is 11.0 Å². The molecule has 0 aliphatic rings. The van der Waals surface area contributed by atoms with Crippen LogP contribution in [0.15, 0.2) is 18.5 Å². The molecule has 0 aliphatic carbocycles. The van der Waals surface area contributed by atoms with Crippen LogP contribution in [-0.4, -0.2) is 27.1 Å². The first-order chi connectivity index (χ1) is 7.20. The lowest BCUT2D eigenvalue weighted by atomic mass is 10.2. The molecule has 15 heavy (non-hydrogen) atoms. The van der Waals surface area contributed by atoms with Crippen molar-refractivity contribution in [2.24, 2.45) is 7.05 Å². The molecule has 0 aromatic carbocycles. The molecular weight excluding hydrogens is 216 g/mol. The Bertz CT molecular complexity index is 483. The maximum atomic E-state index is 5.77. The summed E-state index contributed by atoms with van der Waals surface area (Å²) in [5.41, 5.74) is 1.68. The van der Waals surface area contributed by atoms with Gasteiger partial charge in [-0.05, 0) is 6.07 Å². The van der Waals surface area contributed by atoms with E-state index in [1.165, 1.54) is 7.11 Å². The Morgan fingerprint density at radius 3 is 2.80 bits per heavy atom. The van der Waals surface area contributed by atoms with Gasteiger partial charge in [-0.25, -0.2) is 0 Å². The summed E-state index contributed by atoms with van der Waals surface area (Å²) in [6.45, 7) is 0. The first-order valence-electron chi connectivity index (χ1n) is 4.27. The van der Waals surface area contributed by atoms with Crippen molar-refractivity contribution >= 4 is 11.6 Å². The van der Waals surface area contributed by atoms with Gasteiger partial charge in [-0.1, -0.05) is 11.6 Å². The number of methoxy groups -OCH3 is 1. The molecule has 6 heteroatoms. The van der Waals surface area contributed by atoms with Crippen LogP contribution in [0.1, 0.15) is 0 Å². The van der Waals surface area contributed by atoms with Gasteiger partial charge in [0.15, 0.2) is 5.15 Å². The molecule has 0 saturated heterocycles. The fraction of sp³-hybridized carbons (Fsp3) is 0.222. The molecule has 0 fully saturated rings. The summed E-state index contributed by atoms with van der Waals surface area (Å²) >= 11 is 5.77. The van der Waals surface area contributed by atoms with Gasteiger partial charge in [0.1, 0.15) is 0 Å². The second kappa shape index (κ2) is 3.86. The number of hydrogen-bond donors (Lipinski definition) is 0. The van der Waals surface area contributed by atoms with E-state index < -0.39 is 0 Å². The van der Waals surface area contributed by atoms with Crippen molar-refractivity contribution in [2.45, 2.75) is 0 Å². The van der Waals surface area contributed by atoms with E-state index in [2.05, 4.69) is 15.3 Å². The zero-order chi connectivity index (χ0) is 10.8. The monoisotopic (exact) mass is 224 g/mol. The van der Waals surface area contributed by atoms with Crippen LogP contribution in [0.2, 0.25) is 5.15 Å². The molecule has 0 spiro atoms. The number of nitrogens with zero attached hydrogens (tertiary/aromatic N) is 4. The van der Waals surface area contributed by atoms with Crippen LogP contribution in [0.3, 0.4) is 0 Å². The second-order valence-corrected chi connectivity index (χ2v) is 3.38. The summed E-state index contributed by atoms with van der Waals surface area (Å²) in [5, 5.41) is 11.9. The van der Waals surface area contributed by atoms with E-state index in [-0.39, 0.29) is 0 Å². The third-order valence-electron chi connectivity index (χ3n) is 1.94. The number of hydrogen-bond acceptors (Lipinski definition) is 4. The van der Waals surface area contributed by atoms with Crippen molar-refractivity contribution in [2.75, 3.05) is 7.11 Å². The largest absolute Gasteiger partial charge is 0.479 e. The van der Waals surface area contributed by atoms with Crippen LogP contribution in [0.25, 0.3) is 11.1 Å². The lowest BCUT2D eigenvalue weighted by Crippen LogP contribution is -1.93. The van der Waals surface area contributed by atoms with E-state index in [0.717, 1.165) is 11.1 Å². The zero-order valence-electron chi connectivity index (χ0n) is 8.31. The van der Waals surface area contributed by atoms with Crippen LogP contribution in [0.4, 0.5) is 0 Å². The third-order valence-corrected chi connectivity index (χ3v) is 2.12. The number of ether oxygens (including phenoxy) is 1. The van der Waals surface area contributed by atoms with Gasteiger partial charge in [-0.2, -0.15) is 5.10 Å². The fourth-order valence-corrected chi connectivity index (χ4v) is 1.42.